The molecule has 3 atom stereocenters. The van der Waals surface area contributed by atoms with Crippen molar-refractivity contribution in [3.8, 4) is 0 Å². The maximum atomic E-state index is 6.48. The van der Waals surface area contributed by atoms with Gasteiger partial charge in [0, 0.05) is 6.04 Å². The van der Waals surface area contributed by atoms with Crippen LogP contribution in [0.1, 0.15) is 64.9 Å². The van der Waals surface area contributed by atoms with Crippen LogP contribution in [0.25, 0.3) is 0 Å². The van der Waals surface area contributed by atoms with Gasteiger partial charge >= 0.3 is 0 Å². The van der Waals surface area contributed by atoms with E-state index in [0.717, 1.165) is 19.4 Å². The van der Waals surface area contributed by atoms with Gasteiger partial charge in [-0.05, 0) is 57.6 Å². The van der Waals surface area contributed by atoms with Crippen molar-refractivity contribution in [1.82, 2.24) is 5.32 Å². The van der Waals surface area contributed by atoms with E-state index in [1.165, 1.54) is 18.4 Å². The molecule has 21 heavy (non-hydrogen) atoms. The van der Waals surface area contributed by atoms with Crippen molar-refractivity contribution in [1.29, 1.82) is 0 Å². The van der Waals surface area contributed by atoms with Gasteiger partial charge in [-0.2, -0.15) is 0 Å². The molecule has 1 aromatic carbocycles. The van der Waals surface area contributed by atoms with E-state index in [2.05, 4.69) is 63.3 Å². The van der Waals surface area contributed by atoms with Crippen LogP contribution in [0, 0.1) is 0 Å². The predicted octanol–water partition coefficient (Wildman–Crippen LogP) is 4.51. The summed E-state index contributed by atoms with van der Waals surface area (Å²) < 4.78 is 6.48. The monoisotopic (exact) mass is 289 g/mol. The van der Waals surface area contributed by atoms with E-state index >= 15 is 0 Å². The molecule has 0 bridgehead atoms. The summed E-state index contributed by atoms with van der Waals surface area (Å²) in [5, 5.41) is 3.63. The predicted molar refractivity (Wildman–Crippen MR) is 89.7 cm³/mol. The van der Waals surface area contributed by atoms with E-state index in [9.17, 15) is 0 Å². The number of hydrogen-bond acceptors (Lipinski definition) is 2. The maximum absolute atomic E-state index is 6.48. The molecule has 2 nitrogen and oxygen atoms in total. The standard InChI is InChI=1S/C19H31NO/c1-5-19(3,4)21-18-14-16(12-13-17(18)20-6-2)15-10-8-7-9-11-15/h7-11,16-18,20H,5-6,12-14H2,1-4H3. The molecule has 2 rings (SSSR count). The molecule has 2 heteroatoms. The van der Waals surface area contributed by atoms with Crippen LogP contribution in [0.4, 0.5) is 0 Å². The van der Waals surface area contributed by atoms with Gasteiger partial charge < -0.3 is 10.1 Å². The lowest BCUT2D eigenvalue weighted by molar-refractivity contribution is -0.101. The van der Waals surface area contributed by atoms with Crippen LogP contribution < -0.4 is 5.32 Å². The molecule has 1 aliphatic carbocycles. The molecular weight excluding hydrogens is 258 g/mol. The van der Waals surface area contributed by atoms with E-state index in [1.54, 1.807) is 0 Å². The van der Waals surface area contributed by atoms with Gasteiger partial charge in [0.15, 0.2) is 0 Å². The van der Waals surface area contributed by atoms with Crippen LogP contribution >= 0.6 is 0 Å². The summed E-state index contributed by atoms with van der Waals surface area (Å²) in [6, 6.07) is 11.4. The molecular formula is C19H31NO. The number of likely N-dealkylation sites (N-methyl/N-ethyl adjacent to an activating group) is 1. The molecule has 1 N–H and O–H groups in total. The highest BCUT2D eigenvalue weighted by molar-refractivity contribution is 5.20. The fourth-order valence-electron chi connectivity index (χ4n) is 3.28. The third-order valence-electron chi connectivity index (χ3n) is 4.85. The summed E-state index contributed by atoms with van der Waals surface area (Å²) >= 11 is 0. The van der Waals surface area contributed by atoms with Gasteiger partial charge in [0.05, 0.1) is 11.7 Å². The molecule has 0 heterocycles. The minimum absolute atomic E-state index is 0.0308. The van der Waals surface area contributed by atoms with Crippen molar-refractivity contribution in [2.45, 2.75) is 77.0 Å². The van der Waals surface area contributed by atoms with E-state index in [-0.39, 0.29) is 5.60 Å². The molecule has 118 valence electrons. The highest BCUT2D eigenvalue weighted by atomic mass is 16.5. The second kappa shape index (κ2) is 7.42. The Balaban J connectivity index is 2.08. The number of nitrogens with one attached hydrogen (secondary N) is 1. The lowest BCUT2D eigenvalue weighted by Crippen LogP contribution is -2.48. The topological polar surface area (TPSA) is 21.3 Å². The van der Waals surface area contributed by atoms with Crippen LogP contribution in [0.2, 0.25) is 0 Å². The summed E-state index contributed by atoms with van der Waals surface area (Å²) in [7, 11) is 0. The van der Waals surface area contributed by atoms with Crippen molar-refractivity contribution in [3.63, 3.8) is 0 Å². The second-order valence-corrected chi connectivity index (χ2v) is 6.85. The highest BCUT2D eigenvalue weighted by Crippen LogP contribution is 2.36. The average molecular weight is 289 g/mol. The Labute approximate surface area is 130 Å². The summed E-state index contributed by atoms with van der Waals surface area (Å²) in [4.78, 5) is 0. The summed E-state index contributed by atoms with van der Waals surface area (Å²) in [5.41, 5.74) is 1.44. The number of benzene rings is 1. The van der Waals surface area contributed by atoms with Crippen molar-refractivity contribution in [2.24, 2.45) is 0 Å². The maximum Gasteiger partial charge on any atom is 0.0741 e. The Kier molecular flexibility index (Phi) is 5.83. The Hall–Kier alpha value is -0.860. The Morgan fingerprint density at radius 3 is 2.48 bits per heavy atom. The highest BCUT2D eigenvalue weighted by Gasteiger charge is 2.34. The van der Waals surface area contributed by atoms with E-state index < -0.39 is 0 Å². The Morgan fingerprint density at radius 1 is 1.14 bits per heavy atom. The third-order valence-corrected chi connectivity index (χ3v) is 4.85. The van der Waals surface area contributed by atoms with Gasteiger partial charge in [0.2, 0.25) is 0 Å². The fourth-order valence-corrected chi connectivity index (χ4v) is 3.28. The van der Waals surface area contributed by atoms with Crippen molar-refractivity contribution in [3.05, 3.63) is 35.9 Å². The van der Waals surface area contributed by atoms with Gasteiger partial charge in [-0.3, -0.25) is 0 Å². The van der Waals surface area contributed by atoms with Crippen LogP contribution in [0.3, 0.4) is 0 Å². The minimum Gasteiger partial charge on any atom is -0.371 e. The average Bonchev–Trinajstić information content (AvgIpc) is 2.50. The smallest absolute Gasteiger partial charge is 0.0741 e. The molecule has 0 amide bonds. The lowest BCUT2D eigenvalue weighted by atomic mass is 9.79. The molecule has 0 spiro atoms. The van der Waals surface area contributed by atoms with Crippen molar-refractivity contribution >= 4 is 0 Å². The fraction of sp³-hybridized carbons (Fsp3) is 0.684. The van der Waals surface area contributed by atoms with Gasteiger partial charge in [-0.25, -0.2) is 0 Å². The van der Waals surface area contributed by atoms with Crippen LogP contribution in [-0.4, -0.2) is 24.3 Å². The number of hydrogen-bond donors (Lipinski definition) is 1. The quantitative estimate of drug-likeness (QED) is 0.832. The largest absolute Gasteiger partial charge is 0.371 e. The summed E-state index contributed by atoms with van der Waals surface area (Å²) in [6.07, 6.45) is 4.97. The number of ether oxygens (including phenoxy) is 1. The zero-order valence-corrected chi connectivity index (χ0v) is 14.1. The molecule has 0 aliphatic heterocycles. The third kappa shape index (κ3) is 4.55. The van der Waals surface area contributed by atoms with E-state index in [0.29, 0.717) is 18.1 Å². The summed E-state index contributed by atoms with van der Waals surface area (Å²) in [6.45, 7) is 9.84. The van der Waals surface area contributed by atoms with E-state index in [4.69, 9.17) is 4.74 Å². The first-order valence-corrected chi connectivity index (χ1v) is 8.52. The molecule has 3 unspecified atom stereocenters. The molecule has 0 aromatic heterocycles. The first-order chi connectivity index (χ1) is 10.1. The summed E-state index contributed by atoms with van der Waals surface area (Å²) in [5.74, 6) is 0.638. The van der Waals surface area contributed by atoms with Crippen molar-refractivity contribution in [2.75, 3.05) is 6.54 Å². The molecule has 0 radical (unpaired) electrons. The van der Waals surface area contributed by atoms with Gasteiger partial charge in [-0.1, -0.05) is 44.2 Å². The lowest BCUT2D eigenvalue weighted by Gasteiger charge is -2.41. The minimum atomic E-state index is -0.0308. The normalized spacial score (nSPS) is 26.8. The Morgan fingerprint density at radius 2 is 1.86 bits per heavy atom. The first kappa shape index (κ1) is 16.5. The second-order valence-electron chi connectivity index (χ2n) is 6.85. The van der Waals surface area contributed by atoms with Crippen LogP contribution in [0.5, 0.6) is 0 Å². The molecule has 1 saturated carbocycles. The van der Waals surface area contributed by atoms with Crippen LogP contribution in [0.15, 0.2) is 30.3 Å². The molecule has 1 aromatic rings. The van der Waals surface area contributed by atoms with Gasteiger partial charge in [0.25, 0.3) is 0 Å². The zero-order valence-electron chi connectivity index (χ0n) is 14.1. The molecule has 1 fully saturated rings. The number of rotatable bonds is 6. The van der Waals surface area contributed by atoms with Gasteiger partial charge in [0.1, 0.15) is 0 Å². The Bertz CT molecular complexity index is 415. The molecule has 0 saturated heterocycles. The SMILES string of the molecule is CCNC1CCC(c2ccccc2)CC1OC(C)(C)CC. The van der Waals surface area contributed by atoms with Gasteiger partial charge in [-0.15, -0.1) is 0 Å². The van der Waals surface area contributed by atoms with Crippen LogP contribution in [-0.2, 0) is 4.74 Å². The first-order valence-electron chi connectivity index (χ1n) is 8.52. The zero-order chi connectivity index (χ0) is 15.3. The van der Waals surface area contributed by atoms with E-state index in [1.807, 2.05) is 0 Å². The van der Waals surface area contributed by atoms with Crippen molar-refractivity contribution < 1.29 is 4.74 Å². The molecule has 1 aliphatic rings.